The van der Waals surface area contributed by atoms with Crippen LogP contribution >= 0.6 is 0 Å². The minimum atomic E-state index is -0.172. The summed E-state index contributed by atoms with van der Waals surface area (Å²) in [5.74, 6) is 0.226. The van der Waals surface area contributed by atoms with Crippen LogP contribution in [0.25, 0.3) is 0 Å². The second kappa shape index (κ2) is 9.12. The van der Waals surface area contributed by atoms with Gasteiger partial charge in [-0.1, -0.05) is 13.8 Å². The number of hydrogen-bond donors (Lipinski definition) is 0. The van der Waals surface area contributed by atoms with Gasteiger partial charge in [0.2, 0.25) is 5.91 Å². The Morgan fingerprint density at radius 3 is 2.32 bits per heavy atom. The first-order valence-electron chi connectivity index (χ1n) is 7.82. The fourth-order valence-electron chi connectivity index (χ4n) is 2.25. The summed E-state index contributed by atoms with van der Waals surface area (Å²) in [7, 11) is 0. The number of carbonyl (C=O) groups is 2. The summed E-state index contributed by atoms with van der Waals surface area (Å²) in [6.07, 6.45) is 4.83. The Bertz CT molecular complexity index is 472. The van der Waals surface area contributed by atoms with Crippen LogP contribution in [-0.4, -0.2) is 57.8 Å². The standard InChI is InChI=1S/C16H26N4O2/c1-5-19(6-2)15(21)7-10-20(12-13(3)4)16(22)14-11-17-8-9-18-14/h8-9,11,13H,5-7,10,12H2,1-4H3. The lowest BCUT2D eigenvalue weighted by Crippen LogP contribution is -2.39. The van der Waals surface area contributed by atoms with E-state index in [1.807, 2.05) is 27.7 Å². The summed E-state index contributed by atoms with van der Waals surface area (Å²) in [6, 6.07) is 0. The molecule has 0 saturated carbocycles. The summed E-state index contributed by atoms with van der Waals surface area (Å²) < 4.78 is 0. The number of aromatic nitrogens is 2. The Morgan fingerprint density at radius 2 is 1.82 bits per heavy atom. The van der Waals surface area contributed by atoms with Crippen molar-refractivity contribution in [2.45, 2.75) is 34.1 Å². The van der Waals surface area contributed by atoms with Crippen LogP contribution in [0.15, 0.2) is 18.6 Å². The molecular weight excluding hydrogens is 280 g/mol. The van der Waals surface area contributed by atoms with Crippen molar-refractivity contribution in [3.05, 3.63) is 24.3 Å². The van der Waals surface area contributed by atoms with E-state index in [-0.39, 0.29) is 11.8 Å². The maximum absolute atomic E-state index is 12.5. The molecule has 0 radical (unpaired) electrons. The van der Waals surface area contributed by atoms with Gasteiger partial charge in [-0.15, -0.1) is 0 Å². The van der Waals surface area contributed by atoms with Crippen molar-refractivity contribution < 1.29 is 9.59 Å². The molecule has 0 aliphatic rings. The Balaban J connectivity index is 2.73. The fourth-order valence-corrected chi connectivity index (χ4v) is 2.25. The number of amides is 2. The van der Waals surface area contributed by atoms with Gasteiger partial charge in [0, 0.05) is 45.0 Å². The molecule has 0 fully saturated rings. The van der Waals surface area contributed by atoms with Gasteiger partial charge in [0.1, 0.15) is 5.69 Å². The van der Waals surface area contributed by atoms with Crippen molar-refractivity contribution in [2.24, 2.45) is 5.92 Å². The normalized spacial score (nSPS) is 10.6. The number of rotatable bonds is 8. The summed E-state index contributed by atoms with van der Waals surface area (Å²) in [4.78, 5) is 36.1. The van der Waals surface area contributed by atoms with Gasteiger partial charge in [-0.25, -0.2) is 4.98 Å². The molecule has 1 rings (SSSR count). The highest BCUT2D eigenvalue weighted by Crippen LogP contribution is 2.07. The van der Waals surface area contributed by atoms with E-state index in [4.69, 9.17) is 0 Å². The summed E-state index contributed by atoms with van der Waals surface area (Å²) >= 11 is 0. The molecule has 6 nitrogen and oxygen atoms in total. The highest BCUT2D eigenvalue weighted by atomic mass is 16.2. The van der Waals surface area contributed by atoms with Gasteiger partial charge in [0.05, 0.1) is 6.20 Å². The van der Waals surface area contributed by atoms with Gasteiger partial charge >= 0.3 is 0 Å². The zero-order valence-corrected chi connectivity index (χ0v) is 14.0. The average molecular weight is 306 g/mol. The molecule has 1 aromatic rings. The first kappa shape index (κ1) is 18.1. The molecule has 0 saturated heterocycles. The molecule has 2 amide bonds. The second-order valence-electron chi connectivity index (χ2n) is 5.55. The largest absolute Gasteiger partial charge is 0.343 e. The molecule has 1 heterocycles. The summed E-state index contributed by atoms with van der Waals surface area (Å²) in [5, 5.41) is 0. The minimum absolute atomic E-state index is 0.0747. The monoisotopic (exact) mass is 306 g/mol. The number of hydrogen-bond acceptors (Lipinski definition) is 4. The fraction of sp³-hybridized carbons (Fsp3) is 0.625. The topological polar surface area (TPSA) is 66.4 Å². The van der Waals surface area contributed by atoms with E-state index < -0.39 is 0 Å². The molecule has 0 bridgehead atoms. The zero-order valence-electron chi connectivity index (χ0n) is 14.0. The van der Waals surface area contributed by atoms with Gasteiger partial charge < -0.3 is 9.80 Å². The van der Waals surface area contributed by atoms with Crippen LogP contribution in [0, 0.1) is 5.92 Å². The third-order valence-corrected chi connectivity index (χ3v) is 3.37. The van der Waals surface area contributed by atoms with E-state index in [1.54, 1.807) is 9.80 Å². The summed E-state index contributed by atoms with van der Waals surface area (Å²) in [5.41, 5.74) is 0.318. The van der Waals surface area contributed by atoms with E-state index in [2.05, 4.69) is 9.97 Å². The Labute approximate surface area is 132 Å². The van der Waals surface area contributed by atoms with E-state index in [0.717, 1.165) is 0 Å². The smallest absolute Gasteiger partial charge is 0.274 e. The molecule has 0 aliphatic heterocycles. The molecule has 22 heavy (non-hydrogen) atoms. The predicted molar refractivity (Wildman–Crippen MR) is 85.3 cm³/mol. The van der Waals surface area contributed by atoms with E-state index >= 15 is 0 Å². The molecule has 1 aromatic heterocycles. The molecule has 0 atom stereocenters. The van der Waals surface area contributed by atoms with Gasteiger partial charge in [-0.05, 0) is 19.8 Å². The quantitative estimate of drug-likeness (QED) is 0.735. The Morgan fingerprint density at radius 1 is 1.14 bits per heavy atom. The first-order chi connectivity index (χ1) is 10.5. The van der Waals surface area contributed by atoms with Crippen molar-refractivity contribution in [2.75, 3.05) is 26.2 Å². The lowest BCUT2D eigenvalue weighted by molar-refractivity contribution is -0.131. The minimum Gasteiger partial charge on any atom is -0.343 e. The predicted octanol–water partition coefficient (Wildman–Crippen LogP) is 1.83. The van der Waals surface area contributed by atoms with Crippen molar-refractivity contribution in [3.63, 3.8) is 0 Å². The molecular formula is C16H26N4O2. The second-order valence-corrected chi connectivity index (χ2v) is 5.55. The van der Waals surface area contributed by atoms with Gasteiger partial charge in [0.25, 0.3) is 5.91 Å². The zero-order chi connectivity index (χ0) is 16.5. The van der Waals surface area contributed by atoms with E-state index in [0.29, 0.717) is 44.2 Å². The highest BCUT2D eigenvalue weighted by molar-refractivity contribution is 5.92. The molecule has 122 valence electrons. The Hall–Kier alpha value is -1.98. The lowest BCUT2D eigenvalue weighted by Gasteiger charge is -2.25. The van der Waals surface area contributed by atoms with Crippen LogP contribution in [0.2, 0.25) is 0 Å². The van der Waals surface area contributed by atoms with E-state index in [1.165, 1.54) is 18.6 Å². The Kier molecular flexibility index (Phi) is 7.49. The summed E-state index contributed by atoms with van der Waals surface area (Å²) in [6.45, 7) is 10.4. The average Bonchev–Trinajstić information content (AvgIpc) is 2.52. The van der Waals surface area contributed by atoms with Gasteiger partial charge in [-0.3, -0.25) is 14.6 Å². The molecule has 0 aromatic carbocycles. The van der Waals surface area contributed by atoms with Crippen LogP contribution in [0.5, 0.6) is 0 Å². The maximum atomic E-state index is 12.5. The van der Waals surface area contributed by atoms with Crippen LogP contribution in [0.1, 0.15) is 44.6 Å². The molecule has 0 unspecified atom stereocenters. The SMILES string of the molecule is CCN(CC)C(=O)CCN(CC(C)C)C(=O)c1cnccn1. The van der Waals surface area contributed by atoms with E-state index in [9.17, 15) is 9.59 Å². The van der Waals surface area contributed by atoms with Crippen LogP contribution < -0.4 is 0 Å². The van der Waals surface area contributed by atoms with Crippen molar-refractivity contribution in [3.8, 4) is 0 Å². The maximum Gasteiger partial charge on any atom is 0.274 e. The third kappa shape index (κ3) is 5.42. The van der Waals surface area contributed by atoms with Gasteiger partial charge in [-0.2, -0.15) is 0 Å². The molecule has 0 aliphatic carbocycles. The number of nitrogens with zero attached hydrogens (tertiary/aromatic N) is 4. The van der Waals surface area contributed by atoms with Crippen molar-refractivity contribution in [1.82, 2.24) is 19.8 Å². The van der Waals surface area contributed by atoms with Crippen LogP contribution in [0.4, 0.5) is 0 Å². The van der Waals surface area contributed by atoms with Crippen LogP contribution in [0.3, 0.4) is 0 Å². The first-order valence-corrected chi connectivity index (χ1v) is 7.82. The van der Waals surface area contributed by atoms with Crippen molar-refractivity contribution >= 4 is 11.8 Å². The number of carbonyl (C=O) groups excluding carboxylic acids is 2. The van der Waals surface area contributed by atoms with Crippen LogP contribution in [-0.2, 0) is 4.79 Å². The van der Waals surface area contributed by atoms with Gasteiger partial charge in [0.15, 0.2) is 0 Å². The third-order valence-electron chi connectivity index (χ3n) is 3.37. The highest BCUT2D eigenvalue weighted by Gasteiger charge is 2.20. The molecule has 0 N–H and O–H groups in total. The molecule has 0 spiro atoms. The molecule has 6 heteroatoms. The lowest BCUT2D eigenvalue weighted by atomic mass is 10.2. The van der Waals surface area contributed by atoms with Crippen molar-refractivity contribution in [1.29, 1.82) is 0 Å².